The van der Waals surface area contributed by atoms with Crippen LogP contribution < -0.4 is 5.73 Å². The number of anilines is 1. The lowest BCUT2D eigenvalue weighted by molar-refractivity contribution is 0.587. The number of rotatable bonds is 2. The molecule has 20 heavy (non-hydrogen) atoms. The fourth-order valence-corrected chi connectivity index (χ4v) is 1.58. The summed E-state index contributed by atoms with van der Waals surface area (Å²) in [4.78, 5) is 0. The molecule has 0 fully saturated rings. The fraction of sp³-hybridized carbons (Fsp3) is 0.200. The zero-order chi connectivity index (χ0) is 15.1. The highest BCUT2D eigenvalue weighted by molar-refractivity contribution is 5.47. The summed E-state index contributed by atoms with van der Waals surface area (Å²) in [6.07, 6.45) is 1.75. The molecule has 0 spiro atoms. The molecule has 0 saturated heterocycles. The Morgan fingerprint density at radius 1 is 1.50 bits per heavy atom. The van der Waals surface area contributed by atoms with Crippen LogP contribution in [0, 0.1) is 24.1 Å². The van der Waals surface area contributed by atoms with E-state index in [9.17, 15) is 4.39 Å². The molecule has 0 unspecified atom stereocenters. The van der Waals surface area contributed by atoms with E-state index in [1.54, 1.807) is 31.2 Å². The summed E-state index contributed by atoms with van der Waals surface area (Å²) in [7, 11) is 0. The molecule has 2 N–H and O–H groups in total. The van der Waals surface area contributed by atoms with Crippen molar-refractivity contribution in [3.05, 3.63) is 59.6 Å². The molecule has 0 aliphatic heterocycles. The number of nitrogen functional groups attached to an aromatic ring is 1. The molecule has 104 valence electrons. The average molecular weight is 272 g/mol. The number of hydrogen-bond donors (Lipinski definition) is 1. The van der Waals surface area contributed by atoms with Crippen LogP contribution in [0.4, 0.5) is 10.2 Å². The number of nitriles is 1. The van der Waals surface area contributed by atoms with Gasteiger partial charge in [-0.15, -0.1) is 6.58 Å². The van der Waals surface area contributed by atoms with E-state index >= 15 is 0 Å². The summed E-state index contributed by atoms with van der Waals surface area (Å²) >= 11 is 0. The first kappa shape index (κ1) is 15.4. The van der Waals surface area contributed by atoms with E-state index in [-0.39, 0.29) is 18.1 Å². The van der Waals surface area contributed by atoms with E-state index < -0.39 is 0 Å². The third-order valence-electron chi connectivity index (χ3n) is 2.62. The summed E-state index contributed by atoms with van der Waals surface area (Å²) in [6, 6.07) is 8.37. The van der Waals surface area contributed by atoms with Gasteiger partial charge in [-0.05, 0) is 19.9 Å². The number of nitrogens with two attached hydrogens (primary N) is 1. The second-order valence-corrected chi connectivity index (χ2v) is 4.13. The molecule has 0 saturated carbocycles. The molecule has 0 bridgehead atoms. The summed E-state index contributed by atoms with van der Waals surface area (Å²) in [6.45, 7) is 7.19. The van der Waals surface area contributed by atoms with E-state index in [2.05, 4.69) is 11.7 Å². The van der Waals surface area contributed by atoms with Crippen LogP contribution in [-0.2, 0) is 6.54 Å². The molecule has 0 atom stereocenters. The highest BCUT2D eigenvalue weighted by Crippen LogP contribution is 2.17. The molecule has 0 radical (unpaired) electrons. The molecular formula is C15H17FN4. The van der Waals surface area contributed by atoms with Crippen molar-refractivity contribution in [3.8, 4) is 6.07 Å². The topological polar surface area (TPSA) is 67.6 Å². The van der Waals surface area contributed by atoms with Gasteiger partial charge in [-0.25, -0.2) is 9.07 Å². The predicted molar refractivity (Wildman–Crippen MR) is 77.5 cm³/mol. The number of allylic oxidation sites excluding steroid dienone is 1. The van der Waals surface area contributed by atoms with Crippen LogP contribution in [0.15, 0.2) is 36.9 Å². The molecule has 2 rings (SSSR count). The molecule has 4 nitrogen and oxygen atoms in total. The van der Waals surface area contributed by atoms with Crippen LogP contribution in [0.1, 0.15) is 23.7 Å². The van der Waals surface area contributed by atoms with Crippen molar-refractivity contribution >= 4 is 5.82 Å². The SMILES string of the molecule is C=CC.Cc1c(C#N)nn(Cc2ccccc2F)c1N. The largest absolute Gasteiger partial charge is 0.384 e. The van der Waals surface area contributed by atoms with Gasteiger partial charge < -0.3 is 5.73 Å². The van der Waals surface area contributed by atoms with Gasteiger partial charge in [0.1, 0.15) is 17.7 Å². The molecular weight excluding hydrogens is 255 g/mol. The van der Waals surface area contributed by atoms with Gasteiger partial charge in [-0.1, -0.05) is 24.3 Å². The van der Waals surface area contributed by atoms with Crippen molar-refractivity contribution in [1.82, 2.24) is 9.78 Å². The minimum Gasteiger partial charge on any atom is -0.384 e. The third-order valence-corrected chi connectivity index (χ3v) is 2.62. The number of halogens is 1. The second-order valence-electron chi connectivity index (χ2n) is 4.13. The van der Waals surface area contributed by atoms with Crippen molar-refractivity contribution in [3.63, 3.8) is 0 Å². The van der Waals surface area contributed by atoms with E-state index in [1.807, 2.05) is 13.0 Å². The monoisotopic (exact) mass is 272 g/mol. The molecule has 0 aliphatic carbocycles. The number of nitrogens with zero attached hydrogens (tertiary/aromatic N) is 3. The van der Waals surface area contributed by atoms with Gasteiger partial charge in [0.2, 0.25) is 0 Å². The standard InChI is InChI=1S/C12H11FN4.C3H6/c1-8-11(6-14)16-17(12(8)15)7-9-4-2-3-5-10(9)13;1-3-2/h2-5H,7,15H2,1H3;3H,1H2,2H3. The Hall–Kier alpha value is -2.61. The van der Waals surface area contributed by atoms with Gasteiger partial charge in [0, 0.05) is 11.1 Å². The van der Waals surface area contributed by atoms with Crippen molar-refractivity contribution < 1.29 is 4.39 Å². The first-order chi connectivity index (χ1) is 9.54. The van der Waals surface area contributed by atoms with Gasteiger partial charge in [-0.3, -0.25) is 0 Å². The van der Waals surface area contributed by atoms with Crippen LogP contribution in [0.25, 0.3) is 0 Å². The zero-order valence-corrected chi connectivity index (χ0v) is 11.6. The minimum absolute atomic E-state index is 0.223. The predicted octanol–water partition coefficient (Wildman–Crippen LogP) is 3.03. The van der Waals surface area contributed by atoms with E-state index in [4.69, 9.17) is 11.0 Å². The highest BCUT2D eigenvalue weighted by atomic mass is 19.1. The maximum Gasteiger partial charge on any atom is 0.167 e. The number of benzene rings is 1. The minimum atomic E-state index is -0.307. The van der Waals surface area contributed by atoms with Crippen molar-refractivity contribution in [1.29, 1.82) is 5.26 Å². The summed E-state index contributed by atoms with van der Waals surface area (Å²) in [5.74, 6) is 0.0864. The maximum absolute atomic E-state index is 13.4. The van der Waals surface area contributed by atoms with E-state index in [0.717, 1.165) is 0 Å². The molecule has 2 aromatic rings. The van der Waals surface area contributed by atoms with Crippen LogP contribution in [0.3, 0.4) is 0 Å². The normalized spacial score (nSPS) is 9.30. The van der Waals surface area contributed by atoms with Crippen LogP contribution in [0.2, 0.25) is 0 Å². The van der Waals surface area contributed by atoms with Gasteiger partial charge >= 0.3 is 0 Å². The van der Waals surface area contributed by atoms with Crippen LogP contribution in [0.5, 0.6) is 0 Å². The van der Waals surface area contributed by atoms with Gasteiger partial charge in [0.25, 0.3) is 0 Å². The lowest BCUT2D eigenvalue weighted by Gasteiger charge is -2.05. The molecule has 0 aliphatic rings. The molecule has 5 heteroatoms. The first-order valence-corrected chi connectivity index (χ1v) is 6.08. The molecule has 1 aromatic heterocycles. The Morgan fingerprint density at radius 2 is 2.10 bits per heavy atom. The Labute approximate surface area is 117 Å². The molecule has 0 amide bonds. The first-order valence-electron chi connectivity index (χ1n) is 6.08. The van der Waals surface area contributed by atoms with Crippen molar-refractivity contribution in [2.24, 2.45) is 0 Å². The lowest BCUT2D eigenvalue weighted by atomic mass is 10.2. The average Bonchev–Trinajstić information content (AvgIpc) is 2.70. The summed E-state index contributed by atoms with van der Waals surface area (Å²) in [5, 5.41) is 12.8. The Kier molecular flexibility index (Phi) is 5.48. The highest BCUT2D eigenvalue weighted by Gasteiger charge is 2.12. The molecule has 1 aromatic carbocycles. The quantitative estimate of drug-likeness (QED) is 0.854. The summed E-state index contributed by atoms with van der Waals surface area (Å²) in [5.41, 5.74) is 7.20. The van der Waals surface area contributed by atoms with Gasteiger partial charge in [0.05, 0.1) is 6.54 Å². The molecule has 1 heterocycles. The summed E-state index contributed by atoms with van der Waals surface area (Å²) < 4.78 is 14.9. The smallest absolute Gasteiger partial charge is 0.167 e. The van der Waals surface area contributed by atoms with Crippen molar-refractivity contribution in [2.45, 2.75) is 20.4 Å². The Morgan fingerprint density at radius 3 is 2.60 bits per heavy atom. The second kappa shape index (κ2) is 7.10. The van der Waals surface area contributed by atoms with Gasteiger partial charge in [-0.2, -0.15) is 10.4 Å². The fourth-order valence-electron chi connectivity index (χ4n) is 1.58. The number of hydrogen-bond acceptors (Lipinski definition) is 3. The Balaban J connectivity index is 0.000000612. The Bertz CT molecular complexity index is 638. The number of aromatic nitrogens is 2. The zero-order valence-electron chi connectivity index (χ0n) is 11.6. The van der Waals surface area contributed by atoms with Crippen molar-refractivity contribution in [2.75, 3.05) is 5.73 Å². The van der Waals surface area contributed by atoms with E-state index in [1.165, 1.54) is 10.7 Å². The van der Waals surface area contributed by atoms with Crippen LogP contribution >= 0.6 is 0 Å². The van der Waals surface area contributed by atoms with E-state index in [0.29, 0.717) is 16.9 Å². The van der Waals surface area contributed by atoms with Crippen LogP contribution in [-0.4, -0.2) is 9.78 Å². The third kappa shape index (κ3) is 3.45. The van der Waals surface area contributed by atoms with Gasteiger partial charge in [0.15, 0.2) is 5.69 Å². The lowest BCUT2D eigenvalue weighted by Crippen LogP contribution is -2.07. The maximum atomic E-state index is 13.4.